The van der Waals surface area contributed by atoms with Crippen molar-refractivity contribution in [2.75, 3.05) is 19.8 Å². The first-order valence-corrected chi connectivity index (χ1v) is 22.1. The molecule has 0 N–H and O–H groups in total. The summed E-state index contributed by atoms with van der Waals surface area (Å²) in [5, 5.41) is 0. The van der Waals surface area contributed by atoms with Gasteiger partial charge in [0.15, 0.2) is 0 Å². The average Bonchev–Trinajstić information content (AvgIpc) is 3.19. The van der Waals surface area contributed by atoms with Gasteiger partial charge >= 0.3 is 35.0 Å². The van der Waals surface area contributed by atoms with Crippen LogP contribution in [0.1, 0.15) is 175 Å². The fraction of sp³-hybridized carbons (Fsp3) is 0.733. The number of esters is 3. The standard InChI is InChI=1S/C45H75N3O9/c1-4-7-10-13-16-19-22-25-28-31-40(49)55-37-34-46-43(52)47(35-38-56-41(50)32-29-26-23-20-17-14-11-8-5-2)45(54)48(44(46)53)36-39-57-42(51)33-30-27-24-21-18-15-12-9-6-3/h10-15H,4-9,16-39H2,1-3H3/b13-10+,14-11+,15-12+. The summed E-state index contributed by atoms with van der Waals surface area (Å²) in [6.07, 6.45) is 34.6. The maximum absolute atomic E-state index is 13.4. The van der Waals surface area contributed by atoms with E-state index in [1.54, 1.807) is 0 Å². The van der Waals surface area contributed by atoms with Gasteiger partial charge in [0.25, 0.3) is 0 Å². The number of carbonyl (C=O) groups excluding carboxylic acids is 3. The first-order valence-electron chi connectivity index (χ1n) is 22.1. The summed E-state index contributed by atoms with van der Waals surface area (Å²) < 4.78 is 18.5. The van der Waals surface area contributed by atoms with Crippen molar-refractivity contribution in [3.63, 3.8) is 0 Å². The molecule has 0 fully saturated rings. The number of aromatic nitrogens is 3. The topological polar surface area (TPSA) is 145 Å². The number of carbonyl (C=O) groups is 3. The van der Waals surface area contributed by atoms with Gasteiger partial charge in [0.2, 0.25) is 0 Å². The Morgan fingerprint density at radius 2 is 0.632 bits per heavy atom. The number of rotatable bonds is 36. The predicted octanol–water partition coefficient (Wildman–Crippen LogP) is 8.89. The van der Waals surface area contributed by atoms with Crippen molar-refractivity contribution < 1.29 is 28.6 Å². The molecule has 57 heavy (non-hydrogen) atoms. The lowest BCUT2D eigenvalue weighted by Gasteiger charge is -2.14. The van der Waals surface area contributed by atoms with Gasteiger partial charge in [-0.05, 0) is 77.0 Å². The third-order valence-electron chi connectivity index (χ3n) is 9.49. The molecule has 0 aliphatic carbocycles. The normalized spacial score (nSPS) is 11.6. The van der Waals surface area contributed by atoms with Crippen LogP contribution in [0.3, 0.4) is 0 Å². The molecule has 0 amide bonds. The SMILES string of the molecule is CCC/C=C/CCCCCCC(=O)OCCn1c(=O)n(CCOC(=O)CCCCCC/C=C/CCC)c(=O)n(CCOC(=O)CCCCCC/C=C/CCC)c1=O. The fourth-order valence-electron chi connectivity index (χ4n) is 6.09. The second-order valence-electron chi connectivity index (χ2n) is 14.6. The van der Waals surface area contributed by atoms with Crippen LogP contribution in [0.25, 0.3) is 0 Å². The molecular formula is C45H75N3O9. The monoisotopic (exact) mass is 802 g/mol. The molecule has 1 rings (SSSR count). The maximum atomic E-state index is 13.4. The average molecular weight is 802 g/mol. The fourth-order valence-corrected chi connectivity index (χ4v) is 6.09. The number of nitrogens with zero attached hydrogens (tertiary/aromatic N) is 3. The highest BCUT2D eigenvalue weighted by Gasteiger charge is 2.17. The minimum absolute atomic E-state index is 0.230. The molecule has 324 valence electrons. The Bertz CT molecular complexity index is 1300. The van der Waals surface area contributed by atoms with Crippen LogP contribution in [-0.2, 0) is 48.2 Å². The molecule has 0 aliphatic heterocycles. The molecule has 12 heteroatoms. The molecule has 0 bridgehead atoms. The lowest BCUT2D eigenvalue weighted by Crippen LogP contribution is -2.55. The van der Waals surface area contributed by atoms with Crippen molar-refractivity contribution in [1.82, 2.24) is 13.7 Å². The van der Waals surface area contributed by atoms with Gasteiger partial charge in [-0.25, -0.2) is 28.1 Å². The summed E-state index contributed by atoms with van der Waals surface area (Å²) in [7, 11) is 0. The maximum Gasteiger partial charge on any atom is 0.336 e. The smallest absolute Gasteiger partial charge is 0.336 e. The van der Waals surface area contributed by atoms with E-state index in [9.17, 15) is 28.8 Å². The molecule has 0 radical (unpaired) electrons. The van der Waals surface area contributed by atoms with Crippen LogP contribution in [0.4, 0.5) is 0 Å². The van der Waals surface area contributed by atoms with E-state index in [1.165, 1.54) is 0 Å². The quantitative estimate of drug-likeness (QED) is 0.0281. The van der Waals surface area contributed by atoms with E-state index in [-0.39, 0.29) is 58.7 Å². The van der Waals surface area contributed by atoms with Crippen molar-refractivity contribution >= 4 is 17.9 Å². The minimum Gasteiger partial charge on any atom is -0.464 e. The van der Waals surface area contributed by atoms with Crippen LogP contribution in [0, 0.1) is 0 Å². The zero-order valence-electron chi connectivity index (χ0n) is 35.7. The zero-order chi connectivity index (χ0) is 41.8. The molecule has 0 aliphatic rings. The Balaban J connectivity index is 2.77. The van der Waals surface area contributed by atoms with Gasteiger partial charge in [0, 0.05) is 19.3 Å². The Kier molecular flexibility index (Phi) is 31.6. The second-order valence-corrected chi connectivity index (χ2v) is 14.6. The molecule has 12 nitrogen and oxygen atoms in total. The molecule has 0 atom stereocenters. The van der Waals surface area contributed by atoms with Gasteiger partial charge in [-0.15, -0.1) is 0 Å². The van der Waals surface area contributed by atoms with E-state index in [4.69, 9.17) is 14.2 Å². The molecule has 1 aromatic rings. The van der Waals surface area contributed by atoms with Crippen LogP contribution >= 0.6 is 0 Å². The van der Waals surface area contributed by atoms with Crippen molar-refractivity contribution in [2.24, 2.45) is 0 Å². The Morgan fingerprint density at radius 1 is 0.386 bits per heavy atom. The molecule has 0 spiro atoms. The summed E-state index contributed by atoms with van der Waals surface area (Å²) in [6.45, 7) is 4.94. The Morgan fingerprint density at radius 3 is 0.895 bits per heavy atom. The summed E-state index contributed by atoms with van der Waals surface area (Å²) >= 11 is 0. The van der Waals surface area contributed by atoms with Crippen molar-refractivity contribution in [1.29, 1.82) is 0 Å². The van der Waals surface area contributed by atoms with E-state index in [0.717, 1.165) is 129 Å². The molecule has 1 heterocycles. The van der Waals surface area contributed by atoms with E-state index in [1.807, 2.05) is 0 Å². The molecule has 0 unspecified atom stereocenters. The number of allylic oxidation sites excluding steroid dienone is 6. The first kappa shape index (κ1) is 51.1. The lowest BCUT2D eigenvalue weighted by atomic mass is 10.1. The van der Waals surface area contributed by atoms with E-state index < -0.39 is 35.0 Å². The summed E-state index contributed by atoms with van der Waals surface area (Å²) in [5.41, 5.74) is -2.69. The first-order chi connectivity index (χ1) is 27.8. The summed E-state index contributed by atoms with van der Waals surface area (Å²) in [5.74, 6) is -1.28. The lowest BCUT2D eigenvalue weighted by molar-refractivity contribution is -0.144. The van der Waals surface area contributed by atoms with Gasteiger partial charge in [-0.1, -0.05) is 115 Å². The van der Waals surface area contributed by atoms with Crippen LogP contribution in [0.15, 0.2) is 50.8 Å². The molecule has 0 saturated carbocycles. The third kappa shape index (κ3) is 25.8. The predicted molar refractivity (Wildman–Crippen MR) is 227 cm³/mol. The zero-order valence-corrected chi connectivity index (χ0v) is 35.7. The van der Waals surface area contributed by atoms with E-state index in [0.29, 0.717) is 19.3 Å². The Hall–Kier alpha value is -3.96. The van der Waals surface area contributed by atoms with Gasteiger partial charge in [0.1, 0.15) is 19.8 Å². The highest BCUT2D eigenvalue weighted by molar-refractivity contribution is 5.69. The number of ether oxygens (including phenoxy) is 3. The van der Waals surface area contributed by atoms with Gasteiger partial charge < -0.3 is 14.2 Å². The van der Waals surface area contributed by atoms with Crippen LogP contribution < -0.4 is 17.1 Å². The number of unbranched alkanes of at least 4 members (excludes halogenated alkanes) is 15. The largest absolute Gasteiger partial charge is 0.464 e. The second kappa shape index (κ2) is 35.2. The summed E-state index contributed by atoms with van der Waals surface area (Å²) in [4.78, 5) is 77.4. The Labute approximate surface area is 341 Å². The van der Waals surface area contributed by atoms with Crippen molar-refractivity contribution in [3.05, 3.63) is 67.9 Å². The molecule has 0 saturated heterocycles. The van der Waals surface area contributed by atoms with Crippen LogP contribution in [0.2, 0.25) is 0 Å². The minimum atomic E-state index is -0.896. The van der Waals surface area contributed by atoms with Gasteiger partial charge in [-0.3, -0.25) is 14.4 Å². The highest BCUT2D eigenvalue weighted by atomic mass is 16.5. The van der Waals surface area contributed by atoms with Gasteiger partial charge in [0.05, 0.1) is 19.6 Å². The van der Waals surface area contributed by atoms with E-state index in [2.05, 4.69) is 57.2 Å². The summed E-state index contributed by atoms with van der Waals surface area (Å²) in [6, 6.07) is 0. The highest BCUT2D eigenvalue weighted by Crippen LogP contribution is 2.09. The number of hydrogen-bond donors (Lipinski definition) is 0. The van der Waals surface area contributed by atoms with Crippen molar-refractivity contribution in [2.45, 2.75) is 195 Å². The van der Waals surface area contributed by atoms with Crippen LogP contribution in [0.5, 0.6) is 0 Å². The van der Waals surface area contributed by atoms with Crippen LogP contribution in [-0.4, -0.2) is 51.4 Å². The number of hydrogen-bond acceptors (Lipinski definition) is 9. The molecular weight excluding hydrogens is 727 g/mol. The van der Waals surface area contributed by atoms with Crippen molar-refractivity contribution in [3.8, 4) is 0 Å². The molecule has 0 aromatic carbocycles. The van der Waals surface area contributed by atoms with Gasteiger partial charge in [-0.2, -0.15) is 0 Å². The van der Waals surface area contributed by atoms with E-state index >= 15 is 0 Å². The third-order valence-corrected chi connectivity index (χ3v) is 9.49. The molecule has 1 aromatic heterocycles.